The molecule has 22 heavy (non-hydrogen) atoms. The van der Waals surface area contributed by atoms with Crippen molar-refractivity contribution in [2.45, 2.75) is 50.8 Å². The van der Waals surface area contributed by atoms with Gasteiger partial charge in [-0.05, 0) is 55.2 Å². The van der Waals surface area contributed by atoms with Crippen LogP contribution >= 0.6 is 0 Å². The van der Waals surface area contributed by atoms with Gasteiger partial charge in [-0.2, -0.15) is 0 Å². The van der Waals surface area contributed by atoms with Crippen molar-refractivity contribution in [1.82, 2.24) is 4.90 Å². The number of hydrogen-bond donors (Lipinski definition) is 1. The molecule has 1 unspecified atom stereocenters. The van der Waals surface area contributed by atoms with Crippen molar-refractivity contribution in [1.29, 1.82) is 0 Å². The molecule has 3 saturated carbocycles. The van der Waals surface area contributed by atoms with E-state index in [1.54, 1.807) is 12.1 Å². The van der Waals surface area contributed by atoms with Crippen molar-refractivity contribution in [3.63, 3.8) is 0 Å². The van der Waals surface area contributed by atoms with E-state index in [2.05, 4.69) is 0 Å². The molecule has 118 valence electrons. The summed E-state index contributed by atoms with van der Waals surface area (Å²) in [5.41, 5.74) is 0.964. The summed E-state index contributed by atoms with van der Waals surface area (Å²) in [7, 11) is 0. The van der Waals surface area contributed by atoms with Crippen LogP contribution < -0.4 is 0 Å². The Kier molecular flexibility index (Phi) is 3.44. The second-order valence-corrected chi connectivity index (χ2v) is 7.16. The molecule has 1 aromatic carbocycles. The van der Waals surface area contributed by atoms with Gasteiger partial charge >= 0.3 is 0 Å². The van der Waals surface area contributed by atoms with Gasteiger partial charge in [0.25, 0.3) is 0 Å². The quantitative estimate of drug-likeness (QED) is 0.912. The van der Waals surface area contributed by atoms with Gasteiger partial charge in [-0.15, -0.1) is 0 Å². The molecule has 4 fully saturated rings. The van der Waals surface area contributed by atoms with Crippen LogP contribution in [-0.2, 0) is 11.3 Å². The minimum Gasteiger partial charge on any atom is -0.392 e. The maximum absolute atomic E-state index is 13.1. The van der Waals surface area contributed by atoms with Gasteiger partial charge in [-0.25, -0.2) is 4.39 Å². The number of amides is 1. The van der Waals surface area contributed by atoms with Crippen molar-refractivity contribution < 1.29 is 14.3 Å². The summed E-state index contributed by atoms with van der Waals surface area (Å²) in [6, 6.07) is 6.58. The van der Waals surface area contributed by atoms with Crippen LogP contribution in [0, 0.1) is 23.6 Å². The molecule has 0 spiro atoms. The highest BCUT2D eigenvalue weighted by atomic mass is 19.1. The van der Waals surface area contributed by atoms with Crippen LogP contribution in [0.15, 0.2) is 24.3 Å². The van der Waals surface area contributed by atoms with Crippen LogP contribution in [0.5, 0.6) is 0 Å². The monoisotopic (exact) mass is 303 g/mol. The number of hydrogen-bond acceptors (Lipinski definition) is 2. The molecule has 1 saturated heterocycles. The lowest BCUT2D eigenvalue weighted by Gasteiger charge is -2.56. The number of aliphatic hydroxyl groups is 1. The van der Waals surface area contributed by atoms with Gasteiger partial charge in [0.1, 0.15) is 5.82 Å². The molecule has 5 rings (SSSR count). The highest BCUT2D eigenvalue weighted by Gasteiger charge is 2.53. The lowest BCUT2D eigenvalue weighted by atomic mass is 9.58. The van der Waals surface area contributed by atoms with Gasteiger partial charge in [0.05, 0.1) is 12.5 Å². The van der Waals surface area contributed by atoms with Gasteiger partial charge in [0, 0.05) is 18.5 Å². The van der Waals surface area contributed by atoms with Gasteiger partial charge in [0.2, 0.25) is 5.91 Å². The van der Waals surface area contributed by atoms with Crippen LogP contribution in [0.1, 0.15) is 37.7 Å². The predicted molar refractivity (Wildman–Crippen MR) is 80.3 cm³/mol. The summed E-state index contributed by atoms with van der Waals surface area (Å²) in [6.07, 6.45) is 4.50. The molecule has 2 bridgehead atoms. The van der Waals surface area contributed by atoms with Crippen molar-refractivity contribution in [2.24, 2.45) is 17.8 Å². The molecule has 4 aliphatic rings. The maximum atomic E-state index is 13.1. The van der Waals surface area contributed by atoms with E-state index < -0.39 is 6.10 Å². The fourth-order valence-corrected chi connectivity index (χ4v) is 5.05. The van der Waals surface area contributed by atoms with Gasteiger partial charge in [-0.1, -0.05) is 12.1 Å². The molecule has 0 radical (unpaired) electrons. The van der Waals surface area contributed by atoms with E-state index in [4.69, 9.17) is 0 Å². The normalized spacial score (nSPS) is 37.3. The number of piperidine rings is 1. The van der Waals surface area contributed by atoms with Crippen molar-refractivity contribution >= 4 is 5.91 Å². The number of fused-ring (bicyclic) bond motifs is 2. The molecule has 3 aliphatic carbocycles. The Morgan fingerprint density at radius 3 is 2.41 bits per heavy atom. The third-order valence-corrected chi connectivity index (χ3v) is 6.01. The number of halogens is 1. The molecular weight excluding hydrogens is 281 g/mol. The van der Waals surface area contributed by atoms with Crippen LogP contribution in [-0.4, -0.2) is 28.1 Å². The second kappa shape index (κ2) is 5.34. The van der Waals surface area contributed by atoms with Crippen molar-refractivity contribution in [3.8, 4) is 0 Å². The molecular formula is C18H22FNO2. The first kappa shape index (κ1) is 14.2. The smallest absolute Gasteiger partial charge is 0.225 e. The number of likely N-dealkylation sites (tertiary alicyclic amines) is 1. The maximum Gasteiger partial charge on any atom is 0.225 e. The fourth-order valence-electron chi connectivity index (χ4n) is 5.05. The molecule has 3 atom stereocenters. The first-order chi connectivity index (χ1) is 10.6. The minimum absolute atomic E-state index is 0.0469. The molecule has 3 nitrogen and oxygen atoms in total. The highest BCUT2D eigenvalue weighted by molar-refractivity contribution is 5.78. The fraction of sp³-hybridized carbons (Fsp3) is 0.611. The number of benzene rings is 1. The Balaban J connectivity index is 1.62. The van der Waals surface area contributed by atoms with Crippen LogP contribution in [0.2, 0.25) is 0 Å². The molecule has 0 aromatic heterocycles. The SMILES string of the molecule is O=C1CC(O)[C@@H]2C3CCC(CC3)[C@@H]2N1Cc1ccc(F)cc1. The van der Waals surface area contributed by atoms with Crippen LogP contribution in [0.25, 0.3) is 0 Å². The second-order valence-electron chi connectivity index (χ2n) is 7.16. The Hall–Kier alpha value is -1.42. The lowest BCUT2D eigenvalue weighted by Crippen LogP contribution is -2.62. The summed E-state index contributed by atoms with van der Waals surface area (Å²) in [5, 5.41) is 10.4. The Labute approximate surface area is 130 Å². The molecule has 1 amide bonds. The van der Waals surface area contributed by atoms with Gasteiger partial charge in [-0.3, -0.25) is 4.79 Å². The van der Waals surface area contributed by atoms with Crippen molar-refractivity contribution in [3.05, 3.63) is 35.6 Å². The molecule has 4 heteroatoms. The predicted octanol–water partition coefficient (Wildman–Crippen LogP) is 2.72. The summed E-state index contributed by atoms with van der Waals surface area (Å²) in [6.45, 7) is 0.538. The van der Waals surface area contributed by atoms with E-state index in [-0.39, 0.29) is 30.1 Å². The minimum atomic E-state index is -0.477. The van der Waals surface area contributed by atoms with Crippen molar-refractivity contribution in [2.75, 3.05) is 0 Å². The zero-order valence-corrected chi connectivity index (χ0v) is 12.6. The average molecular weight is 303 g/mol. The Morgan fingerprint density at radius 2 is 1.73 bits per heavy atom. The number of rotatable bonds is 2. The highest BCUT2D eigenvalue weighted by Crippen LogP contribution is 2.51. The number of carbonyl (C=O) groups is 1. The van der Waals surface area contributed by atoms with Gasteiger partial charge in [0.15, 0.2) is 0 Å². The largest absolute Gasteiger partial charge is 0.392 e. The van der Waals surface area contributed by atoms with E-state index in [0.29, 0.717) is 18.4 Å². The Bertz CT molecular complexity index is 565. The standard InChI is InChI=1S/C18H22FNO2/c19-14-7-1-11(2-8-14)10-20-16(22)9-15(21)17-12-3-5-13(6-4-12)18(17)20/h1-2,7-8,12-13,15,17-18,21H,3-6,9-10H2/t12?,13?,15?,17-,18-/m0/s1. The van der Waals surface area contributed by atoms with Gasteiger partial charge < -0.3 is 10.0 Å². The first-order valence-electron chi connectivity index (χ1n) is 8.35. The van der Waals surface area contributed by atoms with E-state index in [0.717, 1.165) is 5.56 Å². The molecule has 1 aromatic rings. The molecule has 1 heterocycles. The number of aliphatic hydroxyl groups excluding tert-OH is 1. The summed E-state index contributed by atoms with van der Waals surface area (Å²) in [4.78, 5) is 14.5. The summed E-state index contributed by atoms with van der Waals surface area (Å²) >= 11 is 0. The summed E-state index contributed by atoms with van der Waals surface area (Å²) < 4.78 is 13.1. The average Bonchev–Trinajstić information content (AvgIpc) is 2.53. The topological polar surface area (TPSA) is 40.5 Å². The lowest BCUT2D eigenvalue weighted by molar-refractivity contribution is -0.163. The van der Waals surface area contributed by atoms with E-state index in [9.17, 15) is 14.3 Å². The van der Waals surface area contributed by atoms with Crippen LogP contribution in [0.4, 0.5) is 4.39 Å². The Morgan fingerprint density at radius 1 is 1.09 bits per heavy atom. The summed E-state index contributed by atoms with van der Waals surface area (Å²) in [5.74, 6) is 1.12. The molecule has 1 N–H and O–H groups in total. The van der Waals surface area contributed by atoms with E-state index in [1.165, 1.54) is 37.8 Å². The third-order valence-electron chi connectivity index (χ3n) is 6.01. The zero-order valence-electron chi connectivity index (χ0n) is 12.6. The number of nitrogens with zero attached hydrogens (tertiary/aromatic N) is 1. The van der Waals surface area contributed by atoms with E-state index in [1.807, 2.05) is 4.90 Å². The van der Waals surface area contributed by atoms with Crippen LogP contribution in [0.3, 0.4) is 0 Å². The molecule has 1 aliphatic heterocycles. The zero-order chi connectivity index (χ0) is 15.3. The third kappa shape index (κ3) is 2.24. The first-order valence-corrected chi connectivity index (χ1v) is 8.35. The number of carbonyl (C=O) groups excluding carboxylic acids is 1. The van der Waals surface area contributed by atoms with E-state index >= 15 is 0 Å².